The van der Waals surface area contributed by atoms with E-state index in [1.807, 2.05) is 32.2 Å². The molecule has 0 radical (unpaired) electrons. The summed E-state index contributed by atoms with van der Waals surface area (Å²) in [5.41, 5.74) is 1.78. The van der Waals surface area contributed by atoms with Gasteiger partial charge in [0, 0.05) is 18.2 Å². The monoisotopic (exact) mass is 276 g/mol. The lowest BCUT2D eigenvalue weighted by molar-refractivity contribution is 0.261. The topological polar surface area (TPSA) is 58.7 Å². The van der Waals surface area contributed by atoms with Crippen molar-refractivity contribution in [3.8, 4) is 11.5 Å². The van der Waals surface area contributed by atoms with Crippen molar-refractivity contribution in [3.63, 3.8) is 0 Å². The minimum absolute atomic E-state index is 0.189. The largest absolute Gasteiger partial charge is 0.504 e. The molecule has 0 fully saturated rings. The molecule has 0 aliphatic heterocycles. The molecule has 0 amide bonds. The zero-order chi connectivity index (χ0) is 14.5. The van der Waals surface area contributed by atoms with E-state index in [0.717, 1.165) is 23.4 Å². The fourth-order valence-corrected chi connectivity index (χ4v) is 2.07. The van der Waals surface area contributed by atoms with Crippen molar-refractivity contribution >= 4 is 0 Å². The van der Waals surface area contributed by atoms with Crippen molar-refractivity contribution in [1.29, 1.82) is 0 Å². The summed E-state index contributed by atoms with van der Waals surface area (Å²) < 4.78 is 10.4. The number of benzene rings is 1. The van der Waals surface area contributed by atoms with E-state index in [4.69, 9.17) is 9.26 Å². The van der Waals surface area contributed by atoms with Crippen LogP contribution in [0.4, 0.5) is 0 Å². The number of rotatable bonds is 6. The molecular formula is C15H20N2O3. The zero-order valence-corrected chi connectivity index (χ0v) is 12.1. The van der Waals surface area contributed by atoms with E-state index in [0.29, 0.717) is 18.8 Å². The van der Waals surface area contributed by atoms with E-state index in [2.05, 4.69) is 10.1 Å². The van der Waals surface area contributed by atoms with Crippen LogP contribution in [-0.2, 0) is 19.5 Å². The number of phenols is 1. The first-order valence-corrected chi connectivity index (χ1v) is 6.62. The number of nitrogens with zero attached hydrogens (tertiary/aromatic N) is 2. The molecule has 1 aromatic carbocycles. The molecule has 0 aliphatic rings. The van der Waals surface area contributed by atoms with Crippen LogP contribution in [0.15, 0.2) is 28.8 Å². The quantitative estimate of drug-likeness (QED) is 0.878. The van der Waals surface area contributed by atoms with Gasteiger partial charge in [-0.15, -0.1) is 0 Å². The zero-order valence-electron chi connectivity index (χ0n) is 12.1. The summed E-state index contributed by atoms with van der Waals surface area (Å²) in [6, 6.07) is 7.45. The molecule has 0 saturated carbocycles. The average molecular weight is 276 g/mol. The molecule has 0 bridgehead atoms. The Bertz CT molecular complexity index is 566. The number of aryl methyl sites for hydroxylation is 1. The van der Waals surface area contributed by atoms with Gasteiger partial charge in [0.25, 0.3) is 0 Å². The smallest absolute Gasteiger partial charge is 0.162 e. The number of aromatic nitrogens is 1. The van der Waals surface area contributed by atoms with E-state index in [1.165, 1.54) is 0 Å². The van der Waals surface area contributed by atoms with Crippen LogP contribution >= 0.6 is 0 Å². The molecule has 20 heavy (non-hydrogen) atoms. The molecule has 1 heterocycles. The summed E-state index contributed by atoms with van der Waals surface area (Å²) >= 11 is 0. The maximum atomic E-state index is 10.1. The molecular weight excluding hydrogens is 256 g/mol. The Morgan fingerprint density at radius 2 is 2.15 bits per heavy atom. The first kappa shape index (κ1) is 14.4. The van der Waals surface area contributed by atoms with Crippen LogP contribution in [0.3, 0.4) is 0 Å². The molecule has 5 heteroatoms. The lowest BCUT2D eigenvalue weighted by Gasteiger charge is -2.16. The number of para-hydroxylation sites is 1. The minimum Gasteiger partial charge on any atom is -0.504 e. The fourth-order valence-electron chi connectivity index (χ4n) is 2.07. The van der Waals surface area contributed by atoms with Crippen molar-refractivity contribution in [2.45, 2.75) is 26.4 Å². The summed E-state index contributed by atoms with van der Waals surface area (Å²) in [6.07, 6.45) is 0.865. The Hall–Kier alpha value is -2.01. The molecule has 0 atom stereocenters. The maximum Gasteiger partial charge on any atom is 0.162 e. The highest BCUT2D eigenvalue weighted by atomic mass is 16.5. The summed E-state index contributed by atoms with van der Waals surface area (Å²) in [4.78, 5) is 2.05. The Labute approximate surface area is 118 Å². The molecule has 108 valence electrons. The normalized spacial score (nSPS) is 11.0. The van der Waals surface area contributed by atoms with Gasteiger partial charge in [-0.3, -0.25) is 4.90 Å². The third kappa shape index (κ3) is 3.30. The van der Waals surface area contributed by atoms with E-state index in [-0.39, 0.29) is 5.75 Å². The van der Waals surface area contributed by atoms with Crippen LogP contribution in [0.25, 0.3) is 0 Å². The highest BCUT2D eigenvalue weighted by Gasteiger charge is 2.11. The van der Waals surface area contributed by atoms with Gasteiger partial charge in [-0.2, -0.15) is 0 Å². The lowest BCUT2D eigenvalue weighted by atomic mass is 10.1. The SMILES string of the molecule is CCc1cc(CN(C)Cc2cccc(OC)c2O)on1. The van der Waals surface area contributed by atoms with Crippen molar-refractivity contribution in [1.82, 2.24) is 10.1 Å². The third-order valence-corrected chi connectivity index (χ3v) is 3.14. The fraction of sp³-hybridized carbons (Fsp3) is 0.400. The number of ether oxygens (including phenoxy) is 1. The molecule has 0 saturated heterocycles. The van der Waals surface area contributed by atoms with Crippen LogP contribution in [0.2, 0.25) is 0 Å². The summed E-state index contributed by atoms with van der Waals surface area (Å²) in [5.74, 6) is 1.50. The van der Waals surface area contributed by atoms with Crippen molar-refractivity contribution in [2.24, 2.45) is 0 Å². The van der Waals surface area contributed by atoms with Gasteiger partial charge in [0.2, 0.25) is 0 Å². The summed E-state index contributed by atoms with van der Waals surface area (Å²) in [6.45, 7) is 3.29. The van der Waals surface area contributed by atoms with Crippen LogP contribution in [0.1, 0.15) is 23.9 Å². The van der Waals surface area contributed by atoms with E-state index in [1.54, 1.807) is 13.2 Å². The Morgan fingerprint density at radius 3 is 2.80 bits per heavy atom. The average Bonchev–Trinajstić information content (AvgIpc) is 2.88. The molecule has 0 spiro atoms. The molecule has 0 aliphatic carbocycles. The molecule has 0 unspecified atom stereocenters. The molecule has 5 nitrogen and oxygen atoms in total. The number of hydrogen-bond acceptors (Lipinski definition) is 5. The first-order valence-electron chi connectivity index (χ1n) is 6.62. The molecule has 2 aromatic rings. The highest BCUT2D eigenvalue weighted by molar-refractivity contribution is 5.45. The number of hydrogen-bond donors (Lipinski definition) is 1. The third-order valence-electron chi connectivity index (χ3n) is 3.14. The van der Waals surface area contributed by atoms with Gasteiger partial charge in [0.05, 0.1) is 19.3 Å². The Morgan fingerprint density at radius 1 is 1.35 bits per heavy atom. The van der Waals surface area contributed by atoms with E-state index < -0.39 is 0 Å². The molecule has 2 rings (SSSR count). The van der Waals surface area contributed by atoms with Crippen molar-refractivity contribution < 1.29 is 14.4 Å². The first-order chi connectivity index (χ1) is 9.63. The molecule has 1 aromatic heterocycles. The van der Waals surface area contributed by atoms with Gasteiger partial charge < -0.3 is 14.4 Å². The molecule has 1 N–H and O–H groups in total. The second-order valence-corrected chi connectivity index (χ2v) is 4.78. The minimum atomic E-state index is 0.189. The number of methoxy groups -OCH3 is 1. The van der Waals surface area contributed by atoms with Crippen LogP contribution in [0.5, 0.6) is 11.5 Å². The van der Waals surface area contributed by atoms with E-state index in [9.17, 15) is 5.11 Å². The predicted molar refractivity (Wildman–Crippen MR) is 75.7 cm³/mol. The summed E-state index contributed by atoms with van der Waals surface area (Å²) in [5, 5.41) is 14.0. The standard InChI is InChI=1S/C15H20N2O3/c1-4-12-8-13(20-16-12)10-17(2)9-11-6-5-7-14(19-3)15(11)18/h5-8,18H,4,9-10H2,1-3H3. The summed E-state index contributed by atoms with van der Waals surface area (Å²) in [7, 11) is 3.51. The maximum absolute atomic E-state index is 10.1. The highest BCUT2D eigenvalue weighted by Crippen LogP contribution is 2.30. The number of aromatic hydroxyl groups is 1. The lowest BCUT2D eigenvalue weighted by Crippen LogP contribution is -2.17. The second-order valence-electron chi connectivity index (χ2n) is 4.78. The van der Waals surface area contributed by atoms with Crippen LogP contribution in [0, 0.1) is 0 Å². The Kier molecular flexibility index (Phi) is 4.63. The van der Waals surface area contributed by atoms with Gasteiger partial charge in [-0.05, 0) is 19.5 Å². The van der Waals surface area contributed by atoms with Gasteiger partial charge in [-0.1, -0.05) is 24.2 Å². The van der Waals surface area contributed by atoms with Crippen LogP contribution in [-0.4, -0.2) is 29.3 Å². The Balaban J connectivity index is 2.02. The number of phenolic OH excluding ortho intramolecular Hbond substituents is 1. The van der Waals surface area contributed by atoms with Crippen molar-refractivity contribution in [2.75, 3.05) is 14.2 Å². The van der Waals surface area contributed by atoms with E-state index >= 15 is 0 Å². The van der Waals surface area contributed by atoms with Gasteiger partial charge in [0.1, 0.15) is 0 Å². The van der Waals surface area contributed by atoms with Crippen LogP contribution < -0.4 is 4.74 Å². The van der Waals surface area contributed by atoms with Gasteiger partial charge in [0.15, 0.2) is 17.3 Å². The van der Waals surface area contributed by atoms with Gasteiger partial charge >= 0.3 is 0 Å². The van der Waals surface area contributed by atoms with Crippen molar-refractivity contribution in [3.05, 3.63) is 41.3 Å². The van der Waals surface area contributed by atoms with Gasteiger partial charge in [-0.25, -0.2) is 0 Å². The predicted octanol–water partition coefficient (Wildman–Crippen LogP) is 2.58. The second kappa shape index (κ2) is 6.43.